The van der Waals surface area contributed by atoms with E-state index in [1.54, 1.807) is 11.8 Å². The van der Waals surface area contributed by atoms with Crippen molar-refractivity contribution < 1.29 is 9.84 Å². The highest BCUT2D eigenvalue weighted by molar-refractivity contribution is 7.98. The van der Waals surface area contributed by atoms with Crippen LogP contribution in [0.4, 0.5) is 0 Å². The molecule has 1 atom stereocenters. The van der Waals surface area contributed by atoms with Crippen LogP contribution in [-0.2, 0) is 4.74 Å². The number of rotatable bonds is 9. The summed E-state index contributed by atoms with van der Waals surface area (Å²) >= 11 is 1.66. The van der Waals surface area contributed by atoms with Crippen molar-refractivity contribution >= 4 is 11.8 Å². The molecule has 0 aromatic heterocycles. The summed E-state index contributed by atoms with van der Waals surface area (Å²) in [4.78, 5) is 0. The second-order valence-corrected chi connectivity index (χ2v) is 5.44. The Morgan fingerprint density at radius 1 is 1.47 bits per heavy atom. The van der Waals surface area contributed by atoms with Crippen LogP contribution in [0.1, 0.15) is 20.8 Å². The maximum absolute atomic E-state index is 9.84. The Bertz CT molecular complexity index is 152. The van der Waals surface area contributed by atoms with Crippen molar-refractivity contribution in [1.82, 2.24) is 5.32 Å². The third-order valence-electron chi connectivity index (χ3n) is 1.84. The monoisotopic (exact) mass is 235 g/mol. The van der Waals surface area contributed by atoms with Crippen LogP contribution in [0.5, 0.6) is 0 Å². The van der Waals surface area contributed by atoms with Gasteiger partial charge in [-0.3, -0.25) is 0 Å². The van der Waals surface area contributed by atoms with E-state index in [1.165, 1.54) is 0 Å². The summed E-state index contributed by atoms with van der Waals surface area (Å²) < 4.78 is 5.42. The zero-order chi connectivity index (χ0) is 11.7. The molecule has 3 nitrogen and oxygen atoms in total. The van der Waals surface area contributed by atoms with Crippen molar-refractivity contribution in [2.24, 2.45) is 5.92 Å². The molecular formula is C11H25NO2S. The summed E-state index contributed by atoms with van der Waals surface area (Å²) in [7, 11) is 0. The van der Waals surface area contributed by atoms with Gasteiger partial charge in [-0.15, -0.1) is 0 Å². The molecular weight excluding hydrogens is 210 g/mol. The predicted octanol–water partition coefficient (Wildman–Crippen LogP) is 1.36. The highest BCUT2D eigenvalue weighted by atomic mass is 32.2. The fourth-order valence-electron chi connectivity index (χ4n) is 1.18. The first-order chi connectivity index (χ1) is 6.98. The van der Waals surface area contributed by atoms with Crippen molar-refractivity contribution in [2.75, 3.05) is 38.3 Å². The lowest BCUT2D eigenvalue weighted by atomic mass is 10.1. The molecule has 0 amide bonds. The van der Waals surface area contributed by atoms with E-state index >= 15 is 0 Å². The summed E-state index contributed by atoms with van der Waals surface area (Å²) in [6, 6.07) is 0. The summed E-state index contributed by atoms with van der Waals surface area (Å²) in [5.74, 6) is 1.34. The molecule has 2 N–H and O–H groups in total. The van der Waals surface area contributed by atoms with Crippen LogP contribution in [0.2, 0.25) is 0 Å². The molecule has 92 valence electrons. The molecule has 0 spiro atoms. The number of ether oxygens (including phenoxy) is 1. The number of hydrogen-bond donors (Lipinski definition) is 2. The van der Waals surface area contributed by atoms with Gasteiger partial charge in [0.05, 0.1) is 12.2 Å². The Kier molecular flexibility index (Phi) is 8.52. The molecule has 0 rings (SSSR count). The van der Waals surface area contributed by atoms with E-state index in [0.29, 0.717) is 19.1 Å². The maximum Gasteiger partial charge on any atom is 0.0833 e. The number of nitrogens with one attached hydrogen (secondary N) is 1. The Morgan fingerprint density at radius 2 is 2.13 bits per heavy atom. The molecule has 0 aromatic carbocycles. The van der Waals surface area contributed by atoms with Crippen LogP contribution in [0.15, 0.2) is 0 Å². The van der Waals surface area contributed by atoms with Crippen LogP contribution >= 0.6 is 11.8 Å². The van der Waals surface area contributed by atoms with E-state index in [0.717, 1.165) is 18.9 Å². The molecule has 15 heavy (non-hydrogen) atoms. The van der Waals surface area contributed by atoms with Crippen LogP contribution in [0.25, 0.3) is 0 Å². The van der Waals surface area contributed by atoms with Gasteiger partial charge in [0.15, 0.2) is 0 Å². The van der Waals surface area contributed by atoms with Gasteiger partial charge in [-0.2, -0.15) is 11.8 Å². The van der Waals surface area contributed by atoms with Gasteiger partial charge in [0.2, 0.25) is 0 Å². The minimum absolute atomic E-state index is 0.588. The molecule has 0 heterocycles. The zero-order valence-electron chi connectivity index (χ0n) is 10.4. The SMILES string of the molecule is CSCC(C)(O)CNCCOCC(C)C. The van der Waals surface area contributed by atoms with E-state index < -0.39 is 5.60 Å². The highest BCUT2D eigenvalue weighted by Crippen LogP contribution is 2.08. The van der Waals surface area contributed by atoms with Gasteiger partial charge in [-0.1, -0.05) is 13.8 Å². The van der Waals surface area contributed by atoms with E-state index in [4.69, 9.17) is 4.74 Å². The standard InChI is InChI=1S/C11H25NO2S/c1-10(2)7-14-6-5-12-8-11(3,13)9-15-4/h10,12-13H,5-9H2,1-4H3. The van der Waals surface area contributed by atoms with Gasteiger partial charge in [0.1, 0.15) is 0 Å². The largest absolute Gasteiger partial charge is 0.388 e. The molecule has 0 aromatic rings. The molecule has 0 bridgehead atoms. The van der Waals surface area contributed by atoms with Crippen molar-refractivity contribution in [1.29, 1.82) is 0 Å². The van der Waals surface area contributed by atoms with E-state index in [2.05, 4.69) is 19.2 Å². The van der Waals surface area contributed by atoms with Crippen LogP contribution in [0, 0.1) is 5.92 Å². The topological polar surface area (TPSA) is 41.5 Å². The molecule has 0 saturated heterocycles. The van der Waals surface area contributed by atoms with Gasteiger partial charge in [-0.05, 0) is 19.1 Å². The van der Waals surface area contributed by atoms with E-state index in [-0.39, 0.29) is 0 Å². The van der Waals surface area contributed by atoms with Crippen molar-refractivity contribution in [2.45, 2.75) is 26.4 Å². The van der Waals surface area contributed by atoms with Gasteiger partial charge >= 0.3 is 0 Å². The summed E-state index contributed by atoms with van der Waals surface area (Å²) in [6.45, 7) is 9.07. The quantitative estimate of drug-likeness (QED) is 0.592. The smallest absolute Gasteiger partial charge is 0.0833 e. The molecule has 0 aliphatic heterocycles. The van der Waals surface area contributed by atoms with Gasteiger partial charge in [-0.25, -0.2) is 0 Å². The number of thioether (sulfide) groups is 1. The second-order valence-electron chi connectivity index (χ2n) is 4.58. The van der Waals surface area contributed by atoms with Crippen molar-refractivity contribution in [3.63, 3.8) is 0 Å². The van der Waals surface area contributed by atoms with Gasteiger partial charge < -0.3 is 15.2 Å². The molecule has 0 radical (unpaired) electrons. The first kappa shape index (κ1) is 15.2. The molecule has 4 heteroatoms. The normalized spacial score (nSPS) is 15.6. The Morgan fingerprint density at radius 3 is 2.67 bits per heavy atom. The minimum atomic E-state index is -0.614. The average molecular weight is 235 g/mol. The third-order valence-corrected chi connectivity index (χ3v) is 2.75. The molecule has 0 fully saturated rings. The average Bonchev–Trinajstić information content (AvgIpc) is 2.10. The Hall–Kier alpha value is 0.230. The first-order valence-electron chi connectivity index (χ1n) is 5.48. The molecule has 0 aliphatic carbocycles. The summed E-state index contributed by atoms with van der Waals surface area (Å²) in [6.07, 6.45) is 2.00. The molecule has 1 unspecified atom stereocenters. The number of hydrogen-bond acceptors (Lipinski definition) is 4. The lowest BCUT2D eigenvalue weighted by molar-refractivity contribution is 0.0757. The fourth-order valence-corrected chi connectivity index (χ4v) is 1.91. The molecule has 0 saturated carbocycles. The van der Waals surface area contributed by atoms with Crippen molar-refractivity contribution in [3.05, 3.63) is 0 Å². The predicted molar refractivity (Wildman–Crippen MR) is 67.5 cm³/mol. The van der Waals surface area contributed by atoms with Crippen LogP contribution in [0.3, 0.4) is 0 Å². The molecule has 0 aliphatic rings. The van der Waals surface area contributed by atoms with E-state index in [9.17, 15) is 5.11 Å². The second kappa shape index (κ2) is 8.39. The first-order valence-corrected chi connectivity index (χ1v) is 6.87. The minimum Gasteiger partial charge on any atom is -0.388 e. The maximum atomic E-state index is 9.84. The summed E-state index contributed by atoms with van der Waals surface area (Å²) in [5.41, 5.74) is -0.614. The van der Waals surface area contributed by atoms with E-state index in [1.807, 2.05) is 13.2 Å². The fraction of sp³-hybridized carbons (Fsp3) is 1.00. The lowest BCUT2D eigenvalue weighted by Gasteiger charge is -2.22. The third kappa shape index (κ3) is 10.5. The van der Waals surface area contributed by atoms with Gasteiger partial charge in [0, 0.05) is 25.4 Å². The van der Waals surface area contributed by atoms with Crippen molar-refractivity contribution in [3.8, 4) is 0 Å². The lowest BCUT2D eigenvalue weighted by Crippen LogP contribution is -2.41. The highest BCUT2D eigenvalue weighted by Gasteiger charge is 2.18. The number of aliphatic hydroxyl groups is 1. The van der Waals surface area contributed by atoms with Crippen LogP contribution in [-0.4, -0.2) is 49.0 Å². The van der Waals surface area contributed by atoms with Gasteiger partial charge in [0.25, 0.3) is 0 Å². The van der Waals surface area contributed by atoms with Crippen LogP contribution < -0.4 is 5.32 Å². The Balaban J connectivity index is 3.30. The zero-order valence-corrected chi connectivity index (χ0v) is 11.2. The summed E-state index contributed by atoms with van der Waals surface area (Å²) in [5, 5.41) is 13.0. The Labute approximate surface area is 98.0 Å².